The largest absolute Gasteiger partial charge is 0.208 e. The number of benzene rings is 8. The molecule has 0 saturated carbocycles. The van der Waals surface area contributed by atoms with Gasteiger partial charge in [0.1, 0.15) is 0 Å². The van der Waals surface area contributed by atoms with E-state index in [0.29, 0.717) is 17.5 Å². The second-order valence-corrected chi connectivity index (χ2v) is 17.4. The zero-order valence-corrected chi connectivity index (χ0v) is 33.5. The molecule has 0 saturated heterocycles. The molecule has 0 fully saturated rings. The minimum absolute atomic E-state index is 0.262. The molecule has 12 rings (SSSR count). The lowest BCUT2D eigenvalue weighted by Gasteiger charge is -2.47. The summed E-state index contributed by atoms with van der Waals surface area (Å²) in [7, 11) is 0. The Bertz CT molecular complexity index is 3260. The van der Waals surface area contributed by atoms with E-state index >= 15 is 0 Å². The van der Waals surface area contributed by atoms with Gasteiger partial charge in [-0.15, -0.1) is 11.3 Å². The maximum absolute atomic E-state index is 5.15. The number of aromatic nitrogens is 3. The number of thiophene rings is 1. The first-order chi connectivity index (χ1) is 29.0. The molecule has 0 unspecified atom stereocenters. The van der Waals surface area contributed by atoms with Crippen molar-refractivity contribution >= 4 is 31.5 Å². The lowest BCUT2D eigenvalue weighted by molar-refractivity contribution is 0.565. The fourth-order valence-electron chi connectivity index (χ4n) is 10.2. The van der Waals surface area contributed by atoms with Crippen LogP contribution in [0.2, 0.25) is 0 Å². The standard InChI is InChI=1S/C55H37N3S/c1-54(2)45-23-11-12-24-46(45)55(43-21-9-6-17-39(43)40-18-7-10-22-44(40)55)47-25-14-20-38(50(47)54)34-27-29-36(30-28-34)52-56-51(35-15-4-3-5-16-35)57-53(58-52)37-31-32-42-41-19-8-13-26-48(41)59-49(42)33-37/h3-33H,1-2H3. The number of nitrogens with zero attached hydrogens (tertiary/aromatic N) is 3. The van der Waals surface area contributed by atoms with Gasteiger partial charge in [-0.1, -0.05) is 190 Å². The predicted octanol–water partition coefficient (Wildman–Crippen LogP) is 13.9. The molecule has 0 N–H and O–H groups in total. The molecule has 0 atom stereocenters. The molecule has 0 bridgehead atoms. The molecular formula is C55H37N3S. The number of rotatable bonds is 4. The zero-order chi connectivity index (χ0) is 39.3. The van der Waals surface area contributed by atoms with Gasteiger partial charge < -0.3 is 0 Å². The Hall–Kier alpha value is -7.01. The van der Waals surface area contributed by atoms with Crippen LogP contribution < -0.4 is 0 Å². The lowest BCUT2D eigenvalue weighted by atomic mass is 9.54. The molecule has 2 aromatic heterocycles. The summed E-state index contributed by atoms with van der Waals surface area (Å²) in [5.41, 5.74) is 15.4. The minimum Gasteiger partial charge on any atom is -0.208 e. The van der Waals surface area contributed by atoms with Gasteiger partial charge in [-0.2, -0.15) is 0 Å². The van der Waals surface area contributed by atoms with Crippen molar-refractivity contribution in [1.29, 1.82) is 0 Å². The summed E-state index contributed by atoms with van der Waals surface area (Å²) >= 11 is 1.81. The van der Waals surface area contributed by atoms with Gasteiger partial charge in [0, 0.05) is 42.3 Å². The maximum Gasteiger partial charge on any atom is 0.164 e. The van der Waals surface area contributed by atoms with E-state index in [2.05, 4.69) is 184 Å². The summed E-state index contributed by atoms with van der Waals surface area (Å²) in [6.07, 6.45) is 0. The van der Waals surface area contributed by atoms with E-state index in [4.69, 9.17) is 15.0 Å². The third kappa shape index (κ3) is 4.90. The number of hydrogen-bond donors (Lipinski definition) is 0. The van der Waals surface area contributed by atoms with E-state index < -0.39 is 5.41 Å². The topological polar surface area (TPSA) is 38.7 Å². The first-order valence-corrected chi connectivity index (χ1v) is 21.1. The van der Waals surface area contributed by atoms with Crippen LogP contribution in [0.3, 0.4) is 0 Å². The molecular weight excluding hydrogens is 735 g/mol. The highest BCUT2D eigenvalue weighted by Gasteiger charge is 2.53. The highest BCUT2D eigenvalue weighted by molar-refractivity contribution is 7.25. The van der Waals surface area contributed by atoms with Crippen LogP contribution in [0, 0.1) is 0 Å². The molecule has 0 aliphatic heterocycles. The van der Waals surface area contributed by atoms with E-state index in [1.807, 2.05) is 18.2 Å². The third-order valence-electron chi connectivity index (χ3n) is 12.8. The van der Waals surface area contributed by atoms with Crippen molar-refractivity contribution in [2.45, 2.75) is 24.7 Å². The molecule has 10 aromatic rings. The Balaban J connectivity index is 1.02. The highest BCUT2D eigenvalue weighted by Crippen LogP contribution is 2.63. The van der Waals surface area contributed by atoms with Crippen LogP contribution in [0.1, 0.15) is 47.2 Å². The molecule has 2 aliphatic carbocycles. The summed E-state index contributed by atoms with van der Waals surface area (Å²) in [4.78, 5) is 15.3. The molecule has 2 aliphatic rings. The Morgan fingerprint density at radius 2 is 0.847 bits per heavy atom. The van der Waals surface area contributed by atoms with Gasteiger partial charge in [0.2, 0.25) is 0 Å². The van der Waals surface area contributed by atoms with Crippen molar-refractivity contribution in [3.8, 4) is 56.4 Å². The summed E-state index contributed by atoms with van der Waals surface area (Å²) in [6.45, 7) is 4.80. The van der Waals surface area contributed by atoms with Crippen LogP contribution in [0.25, 0.3) is 76.6 Å². The minimum atomic E-state index is -0.432. The van der Waals surface area contributed by atoms with Crippen LogP contribution in [0.15, 0.2) is 188 Å². The van der Waals surface area contributed by atoms with Crippen molar-refractivity contribution < 1.29 is 0 Å². The van der Waals surface area contributed by atoms with Gasteiger partial charge in [-0.25, -0.2) is 15.0 Å². The normalized spacial score (nSPS) is 14.2. The monoisotopic (exact) mass is 771 g/mol. The number of hydrogen-bond acceptors (Lipinski definition) is 4. The fourth-order valence-corrected chi connectivity index (χ4v) is 11.4. The van der Waals surface area contributed by atoms with Crippen molar-refractivity contribution in [1.82, 2.24) is 15.0 Å². The highest BCUT2D eigenvalue weighted by atomic mass is 32.1. The van der Waals surface area contributed by atoms with E-state index in [0.717, 1.165) is 16.7 Å². The van der Waals surface area contributed by atoms with E-state index in [1.54, 1.807) is 11.3 Å². The van der Waals surface area contributed by atoms with Crippen molar-refractivity contribution in [2.75, 3.05) is 0 Å². The molecule has 2 heterocycles. The quantitative estimate of drug-likeness (QED) is 0.179. The first-order valence-electron chi connectivity index (χ1n) is 20.3. The second kappa shape index (κ2) is 12.7. The van der Waals surface area contributed by atoms with Crippen LogP contribution in [-0.2, 0) is 10.8 Å². The molecule has 4 heteroatoms. The molecule has 1 spiro atoms. The van der Waals surface area contributed by atoms with Crippen molar-refractivity contribution in [3.05, 3.63) is 221 Å². The van der Waals surface area contributed by atoms with Crippen LogP contribution in [-0.4, -0.2) is 15.0 Å². The zero-order valence-electron chi connectivity index (χ0n) is 32.6. The molecule has 59 heavy (non-hydrogen) atoms. The number of fused-ring (bicyclic) bond motifs is 12. The molecule has 0 amide bonds. The second-order valence-electron chi connectivity index (χ2n) is 16.3. The predicted molar refractivity (Wildman–Crippen MR) is 244 cm³/mol. The average Bonchev–Trinajstić information content (AvgIpc) is 3.82. The van der Waals surface area contributed by atoms with Gasteiger partial charge in [0.05, 0.1) is 5.41 Å². The summed E-state index contributed by atoms with van der Waals surface area (Å²) in [5.74, 6) is 1.97. The first kappa shape index (κ1) is 34.1. The Labute approximate surface area is 347 Å². The van der Waals surface area contributed by atoms with Gasteiger partial charge in [0.25, 0.3) is 0 Å². The SMILES string of the molecule is CC1(C)c2ccccc2C2(c3ccccc3-c3ccccc32)c2cccc(-c3ccc(-c4nc(-c5ccccc5)nc(-c5ccc6c(c5)sc5ccccc56)n4)cc3)c21. The summed E-state index contributed by atoms with van der Waals surface area (Å²) < 4.78 is 2.50. The van der Waals surface area contributed by atoms with Crippen LogP contribution in [0.5, 0.6) is 0 Å². The van der Waals surface area contributed by atoms with Gasteiger partial charge in [-0.3, -0.25) is 0 Å². The Kier molecular flexibility index (Phi) is 7.36. The molecule has 0 radical (unpaired) electrons. The van der Waals surface area contributed by atoms with Gasteiger partial charge >= 0.3 is 0 Å². The van der Waals surface area contributed by atoms with E-state index in [9.17, 15) is 0 Å². The third-order valence-corrected chi connectivity index (χ3v) is 13.9. The van der Waals surface area contributed by atoms with E-state index in [-0.39, 0.29) is 5.41 Å². The average molecular weight is 772 g/mol. The Morgan fingerprint density at radius 1 is 0.356 bits per heavy atom. The smallest absolute Gasteiger partial charge is 0.164 e. The van der Waals surface area contributed by atoms with Crippen LogP contribution in [0.4, 0.5) is 0 Å². The summed E-state index contributed by atoms with van der Waals surface area (Å²) in [5, 5.41) is 2.53. The Morgan fingerprint density at radius 3 is 1.56 bits per heavy atom. The van der Waals surface area contributed by atoms with Crippen LogP contribution >= 0.6 is 11.3 Å². The molecule has 8 aromatic carbocycles. The van der Waals surface area contributed by atoms with Gasteiger partial charge in [0.15, 0.2) is 17.5 Å². The maximum atomic E-state index is 5.15. The summed E-state index contributed by atoms with van der Waals surface area (Å²) in [6, 6.07) is 68.4. The van der Waals surface area contributed by atoms with E-state index in [1.165, 1.54) is 75.8 Å². The fraction of sp³-hybridized carbons (Fsp3) is 0.0727. The lowest BCUT2D eigenvalue weighted by Crippen LogP contribution is -2.41. The van der Waals surface area contributed by atoms with Crippen molar-refractivity contribution in [3.63, 3.8) is 0 Å². The van der Waals surface area contributed by atoms with Gasteiger partial charge in [-0.05, 0) is 67.8 Å². The molecule has 278 valence electrons. The van der Waals surface area contributed by atoms with Crippen molar-refractivity contribution in [2.24, 2.45) is 0 Å². The molecule has 3 nitrogen and oxygen atoms in total.